The van der Waals surface area contributed by atoms with E-state index in [9.17, 15) is 5.11 Å². The van der Waals surface area contributed by atoms with Crippen molar-refractivity contribution < 1.29 is 9.84 Å². The second kappa shape index (κ2) is 3.73. The lowest BCUT2D eigenvalue weighted by Crippen LogP contribution is -2.35. The van der Waals surface area contributed by atoms with Crippen molar-refractivity contribution in [2.75, 3.05) is 19.8 Å². The Kier molecular flexibility index (Phi) is 2.63. The maximum absolute atomic E-state index is 9.33. The number of nitrogens with one attached hydrogen (secondary N) is 1. The molecule has 0 amide bonds. The Hall–Kier alpha value is -0.120. The predicted molar refractivity (Wildman–Crippen MR) is 46.0 cm³/mol. The second-order valence-electron chi connectivity index (χ2n) is 3.88. The maximum Gasteiger partial charge on any atom is 0.0679 e. The van der Waals surface area contributed by atoms with Gasteiger partial charge in [-0.3, -0.25) is 0 Å². The molecule has 3 nitrogen and oxygen atoms in total. The Balaban J connectivity index is 1.83. The number of β-amino-alcohol motifs (C(OH)–C–C–N with tert-alkyl or cyclic N) is 1. The van der Waals surface area contributed by atoms with Crippen LogP contribution in [-0.2, 0) is 4.74 Å². The first-order valence-electron chi connectivity index (χ1n) is 4.85. The van der Waals surface area contributed by atoms with Gasteiger partial charge in [0.25, 0.3) is 0 Å². The minimum Gasteiger partial charge on any atom is -0.392 e. The quantitative estimate of drug-likeness (QED) is 0.589. The highest BCUT2D eigenvalue weighted by Crippen LogP contribution is 2.23. The van der Waals surface area contributed by atoms with Gasteiger partial charge >= 0.3 is 0 Å². The number of aliphatic hydroxyl groups is 1. The van der Waals surface area contributed by atoms with Crippen LogP contribution < -0.4 is 5.32 Å². The molecule has 2 aliphatic heterocycles. The van der Waals surface area contributed by atoms with Gasteiger partial charge in [-0.2, -0.15) is 0 Å². The van der Waals surface area contributed by atoms with Crippen LogP contribution in [0.2, 0.25) is 0 Å². The highest BCUT2D eigenvalue weighted by atomic mass is 16.5. The highest BCUT2D eigenvalue weighted by Gasteiger charge is 2.30. The molecule has 2 rings (SSSR count). The van der Waals surface area contributed by atoms with E-state index in [-0.39, 0.29) is 6.10 Å². The summed E-state index contributed by atoms with van der Waals surface area (Å²) in [6, 6.07) is 0.500. The molecule has 2 fully saturated rings. The highest BCUT2D eigenvalue weighted by molar-refractivity contribution is 4.87. The molecule has 70 valence electrons. The van der Waals surface area contributed by atoms with Gasteiger partial charge in [0.2, 0.25) is 0 Å². The lowest BCUT2D eigenvalue weighted by molar-refractivity contribution is 0.0404. The zero-order chi connectivity index (χ0) is 8.39. The molecule has 0 aromatic heterocycles. The Labute approximate surface area is 73.1 Å². The molecule has 2 N–H and O–H groups in total. The van der Waals surface area contributed by atoms with Crippen LogP contribution in [0.25, 0.3) is 0 Å². The van der Waals surface area contributed by atoms with Gasteiger partial charge in [-0.15, -0.1) is 0 Å². The van der Waals surface area contributed by atoms with Gasteiger partial charge in [-0.25, -0.2) is 0 Å². The van der Waals surface area contributed by atoms with E-state index in [0.29, 0.717) is 12.0 Å². The van der Waals surface area contributed by atoms with E-state index >= 15 is 0 Å². The Morgan fingerprint density at radius 3 is 2.92 bits per heavy atom. The van der Waals surface area contributed by atoms with E-state index in [1.54, 1.807) is 0 Å². The molecule has 2 saturated heterocycles. The van der Waals surface area contributed by atoms with Crippen molar-refractivity contribution >= 4 is 0 Å². The summed E-state index contributed by atoms with van der Waals surface area (Å²) in [5, 5.41) is 12.7. The summed E-state index contributed by atoms with van der Waals surface area (Å²) >= 11 is 0. The summed E-state index contributed by atoms with van der Waals surface area (Å²) in [6.45, 7) is 2.57. The van der Waals surface area contributed by atoms with Gasteiger partial charge in [-0.05, 0) is 25.2 Å². The van der Waals surface area contributed by atoms with E-state index in [1.165, 1.54) is 12.8 Å². The smallest absolute Gasteiger partial charge is 0.0679 e. The van der Waals surface area contributed by atoms with Gasteiger partial charge in [0, 0.05) is 19.2 Å². The predicted octanol–water partition coefficient (Wildman–Crippen LogP) is 0.136. The molecule has 0 spiro atoms. The van der Waals surface area contributed by atoms with Crippen LogP contribution >= 0.6 is 0 Å². The number of hydrogen-bond acceptors (Lipinski definition) is 3. The van der Waals surface area contributed by atoms with Crippen molar-refractivity contribution in [1.82, 2.24) is 5.32 Å². The third-order valence-corrected chi connectivity index (χ3v) is 2.91. The van der Waals surface area contributed by atoms with Crippen molar-refractivity contribution in [1.29, 1.82) is 0 Å². The van der Waals surface area contributed by atoms with Crippen molar-refractivity contribution in [2.24, 2.45) is 5.92 Å². The average molecular weight is 171 g/mol. The lowest BCUT2D eigenvalue weighted by atomic mass is 9.92. The van der Waals surface area contributed by atoms with E-state index in [1.807, 2.05) is 0 Å². The van der Waals surface area contributed by atoms with E-state index < -0.39 is 0 Å². The first-order chi connectivity index (χ1) is 5.86. The Morgan fingerprint density at radius 2 is 2.33 bits per heavy atom. The molecule has 2 heterocycles. The second-order valence-corrected chi connectivity index (χ2v) is 3.88. The van der Waals surface area contributed by atoms with Crippen LogP contribution in [-0.4, -0.2) is 37.0 Å². The zero-order valence-electron chi connectivity index (χ0n) is 7.33. The summed E-state index contributed by atoms with van der Waals surface area (Å²) in [6.07, 6.45) is 3.22. The Morgan fingerprint density at radius 1 is 1.42 bits per heavy atom. The molecule has 0 bridgehead atoms. The summed E-state index contributed by atoms with van der Waals surface area (Å²) in [4.78, 5) is 0. The van der Waals surface area contributed by atoms with Crippen molar-refractivity contribution in [2.45, 2.75) is 31.4 Å². The fourth-order valence-corrected chi connectivity index (χ4v) is 2.19. The van der Waals surface area contributed by atoms with Gasteiger partial charge in [-0.1, -0.05) is 0 Å². The van der Waals surface area contributed by atoms with Crippen molar-refractivity contribution in [3.05, 3.63) is 0 Å². The third kappa shape index (κ3) is 1.79. The van der Waals surface area contributed by atoms with Crippen LogP contribution in [0, 0.1) is 5.92 Å². The molecular formula is C9H17NO2. The molecule has 12 heavy (non-hydrogen) atoms. The number of ether oxygens (including phenoxy) is 1. The fraction of sp³-hybridized carbons (Fsp3) is 1.00. The minimum absolute atomic E-state index is 0.128. The molecule has 0 aromatic carbocycles. The molecule has 0 radical (unpaired) electrons. The lowest BCUT2D eigenvalue weighted by Gasteiger charge is -2.27. The summed E-state index contributed by atoms with van der Waals surface area (Å²) in [5.41, 5.74) is 0. The largest absolute Gasteiger partial charge is 0.392 e. The SMILES string of the molecule is O[C@@H]1CN[C@@H]([C@H]2CCCOC2)C1. The van der Waals surface area contributed by atoms with Crippen molar-refractivity contribution in [3.8, 4) is 0 Å². The molecule has 3 atom stereocenters. The normalized spacial score (nSPS) is 43.2. The van der Waals surface area contributed by atoms with Gasteiger partial charge < -0.3 is 15.2 Å². The summed E-state index contributed by atoms with van der Waals surface area (Å²) in [5.74, 6) is 0.635. The molecule has 0 saturated carbocycles. The van der Waals surface area contributed by atoms with Crippen LogP contribution in [0.1, 0.15) is 19.3 Å². The summed E-state index contributed by atoms with van der Waals surface area (Å²) in [7, 11) is 0. The molecule has 0 aliphatic carbocycles. The third-order valence-electron chi connectivity index (χ3n) is 2.91. The van der Waals surface area contributed by atoms with Gasteiger partial charge in [0.05, 0.1) is 12.7 Å². The van der Waals surface area contributed by atoms with Crippen LogP contribution in [0.4, 0.5) is 0 Å². The minimum atomic E-state index is -0.128. The first-order valence-corrected chi connectivity index (χ1v) is 4.85. The Bertz CT molecular complexity index is 143. The van der Waals surface area contributed by atoms with Gasteiger partial charge in [0.15, 0.2) is 0 Å². The van der Waals surface area contributed by atoms with E-state index in [2.05, 4.69) is 5.32 Å². The average Bonchev–Trinajstić information content (AvgIpc) is 2.54. The number of rotatable bonds is 1. The van der Waals surface area contributed by atoms with E-state index in [4.69, 9.17) is 4.74 Å². The number of hydrogen-bond donors (Lipinski definition) is 2. The first kappa shape index (κ1) is 8.48. The summed E-state index contributed by atoms with van der Waals surface area (Å²) < 4.78 is 5.41. The molecule has 0 unspecified atom stereocenters. The monoisotopic (exact) mass is 171 g/mol. The maximum atomic E-state index is 9.33. The van der Waals surface area contributed by atoms with E-state index in [0.717, 1.165) is 26.2 Å². The fourth-order valence-electron chi connectivity index (χ4n) is 2.19. The standard InChI is InChI=1S/C9H17NO2/c11-8-4-9(10-5-8)7-2-1-3-12-6-7/h7-11H,1-6H2/t7-,8-,9+/m0/s1. The molecule has 3 heteroatoms. The molecule has 0 aromatic rings. The molecule has 2 aliphatic rings. The van der Waals surface area contributed by atoms with Crippen LogP contribution in [0.3, 0.4) is 0 Å². The van der Waals surface area contributed by atoms with Crippen LogP contribution in [0.15, 0.2) is 0 Å². The van der Waals surface area contributed by atoms with Crippen LogP contribution in [0.5, 0.6) is 0 Å². The zero-order valence-corrected chi connectivity index (χ0v) is 7.33. The van der Waals surface area contributed by atoms with Gasteiger partial charge in [0.1, 0.15) is 0 Å². The number of aliphatic hydroxyl groups excluding tert-OH is 1. The molecular weight excluding hydrogens is 154 g/mol. The topological polar surface area (TPSA) is 41.5 Å². The van der Waals surface area contributed by atoms with Crippen molar-refractivity contribution in [3.63, 3.8) is 0 Å².